The minimum absolute atomic E-state index is 0.0483. The predicted octanol–water partition coefficient (Wildman–Crippen LogP) is 5.85. The Morgan fingerprint density at radius 2 is 1.39 bits per heavy atom. The zero-order valence-corrected chi connectivity index (χ0v) is 22.7. The van der Waals surface area contributed by atoms with Gasteiger partial charge in [-0.3, -0.25) is 9.03 Å². The molecule has 4 rings (SSSR count). The molecule has 0 aliphatic rings. The van der Waals surface area contributed by atoms with E-state index >= 15 is 0 Å². The first kappa shape index (κ1) is 27.0. The van der Waals surface area contributed by atoms with Crippen LogP contribution in [0.15, 0.2) is 120 Å². The normalized spacial score (nSPS) is 11.5. The number of nitrogens with zero attached hydrogens (tertiary/aromatic N) is 1. The minimum atomic E-state index is -4.05. The second kappa shape index (κ2) is 11.1. The first-order valence-electron chi connectivity index (χ1n) is 11.7. The Hall–Kier alpha value is -4.08. The molecule has 0 spiro atoms. The molecule has 0 amide bonds. The molecule has 0 aliphatic heterocycles. The number of nitrogens with one attached hydrogen (secondary N) is 1. The highest BCUT2D eigenvalue weighted by Gasteiger charge is 2.30. The molecule has 4 aromatic rings. The Labute approximate surface area is 224 Å². The van der Waals surface area contributed by atoms with Crippen LogP contribution in [0.1, 0.15) is 5.56 Å². The van der Waals surface area contributed by atoms with Gasteiger partial charge in [0.15, 0.2) is 0 Å². The molecular weight excluding hydrogens is 520 g/mol. The monoisotopic (exact) mass is 548 g/mol. The van der Waals surface area contributed by atoms with Gasteiger partial charge in [0, 0.05) is 11.1 Å². The molecule has 0 radical (unpaired) electrons. The van der Waals surface area contributed by atoms with E-state index in [0.717, 1.165) is 5.56 Å². The summed E-state index contributed by atoms with van der Waals surface area (Å²) >= 11 is 0. The summed E-state index contributed by atoms with van der Waals surface area (Å²) < 4.78 is 64.0. The van der Waals surface area contributed by atoms with Gasteiger partial charge in [0.1, 0.15) is 5.75 Å². The fraction of sp³-hybridized carbons (Fsp3) is 0.103. The molecule has 0 heterocycles. The summed E-state index contributed by atoms with van der Waals surface area (Å²) in [6.45, 7) is 5.57. The quantitative estimate of drug-likeness (QED) is 0.251. The number of ether oxygens (including phenoxy) is 1. The predicted molar refractivity (Wildman–Crippen MR) is 152 cm³/mol. The SMILES string of the molecule is C=CCN(c1cccc(NS(=O)(=O)c2ccccc2)c1-c1c(C)cccc1OC)S(=O)(=O)c1ccccc1. The van der Waals surface area contributed by atoms with Crippen molar-refractivity contribution in [3.63, 3.8) is 0 Å². The summed E-state index contributed by atoms with van der Waals surface area (Å²) in [5.41, 5.74) is 2.18. The van der Waals surface area contributed by atoms with Gasteiger partial charge >= 0.3 is 0 Å². The van der Waals surface area contributed by atoms with Crippen molar-refractivity contribution < 1.29 is 21.6 Å². The van der Waals surface area contributed by atoms with Crippen LogP contribution in [0.5, 0.6) is 5.75 Å². The molecule has 7 nitrogen and oxygen atoms in total. The molecule has 0 aromatic heterocycles. The van der Waals surface area contributed by atoms with Gasteiger partial charge in [0.05, 0.1) is 34.8 Å². The summed E-state index contributed by atoms with van der Waals surface area (Å²) in [5, 5.41) is 0. The number of benzene rings is 4. The highest BCUT2D eigenvalue weighted by molar-refractivity contribution is 7.93. The van der Waals surface area contributed by atoms with Gasteiger partial charge in [-0.15, -0.1) is 6.58 Å². The summed E-state index contributed by atoms with van der Waals surface area (Å²) in [6.07, 6.45) is 1.49. The van der Waals surface area contributed by atoms with Crippen molar-refractivity contribution in [2.45, 2.75) is 16.7 Å². The molecule has 196 valence electrons. The maximum atomic E-state index is 13.9. The first-order chi connectivity index (χ1) is 18.2. The maximum absolute atomic E-state index is 13.9. The highest BCUT2D eigenvalue weighted by Crippen LogP contribution is 2.45. The average molecular weight is 549 g/mol. The van der Waals surface area contributed by atoms with Crippen molar-refractivity contribution in [3.05, 3.63) is 115 Å². The number of methoxy groups -OCH3 is 1. The number of rotatable bonds is 10. The molecule has 1 N–H and O–H groups in total. The molecule has 38 heavy (non-hydrogen) atoms. The Morgan fingerprint density at radius 1 is 0.789 bits per heavy atom. The number of anilines is 2. The summed E-state index contributed by atoms with van der Waals surface area (Å²) in [4.78, 5) is 0.174. The maximum Gasteiger partial charge on any atom is 0.264 e. The Kier molecular flexibility index (Phi) is 7.89. The van der Waals surface area contributed by atoms with E-state index in [1.807, 2.05) is 19.1 Å². The average Bonchev–Trinajstić information content (AvgIpc) is 2.92. The third kappa shape index (κ3) is 5.29. The van der Waals surface area contributed by atoms with Gasteiger partial charge in [-0.05, 0) is 55.0 Å². The van der Waals surface area contributed by atoms with Crippen molar-refractivity contribution in [2.75, 3.05) is 22.7 Å². The van der Waals surface area contributed by atoms with Crippen LogP contribution in [0.25, 0.3) is 11.1 Å². The highest BCUT2D eigenvalue weighted by atomic mass is 32.2. The standard InChI is InChI=1S/C29H28N2O5S2/c1-4-21-31(38(34,35)24-16-9-6-10-17-24)26-19-12-18-25(30-37(32,33)23-14-7-5-8-15-23)29(26)28-22(2)13-11-20-27(28)36-3/h4-20,30H,1,21H2,2-3H3. The topological polar surface area (TPSA) is 92.8 Å². The van der Waals surface area contributed by atoms with Gasteiger partial charge in [-0.2, -0.15) is 0 Å². The van der Waals surface area contributed by atoms with Gasteiger partial charge in [0.25, 0.3) is 20.0 Å². The van der Waals surface area contributed by atoms with Crippen LogP contribution in [-0.2, 0) is 20.0 Å². The summed E-state index contributed by atoms with van der Waals surface area (Å²) in [5.74, 6) is 0.466. The van der Waals surface area contributed by atoms with Crippen molar-refractivity contribution in [1.29, 1.82) is 0 Å². The second-order valence-corrected chi connectivity index (χ2v) is 12.0. The van der Waals surface area contributed by atoms with Crippen LogP contribution in [0, 0.1) is 6.92 Å². The van der Waals surface area contributed by atoms with Crippen LogP contribution in [0.3, 0.4) is 0 Å². The number of aryl methyl sites for hydroxylation is 1. The second-order valence-electron chi connectivity index (χ2n) is 8.41. The summed E-state index contributed by atoms with van der Waals surface area (Å²) in [6, 6.07) is 26.3. The lowest BCUT2D eigenvalue weighted by molar-refractivity contribution is 0.416. The largest absolute Gasteiger partial charge is 0.496 e. The van der Waals surface area contributed by atoms with Crippen LogP contribution in [0.4, 0.5) is 11.4 Å². The molecule has 4 aromatic carbocycles. The summed E-state index contributed by atoms with van der Waals surface area (Å²) in [7, 11) is -6.53. The zero-order chi connectivity index (χ0) is 27.3. The lowest BCUT2D eigenvalue weighted by atomic mass is 9.96. The molecule has 0 bridgehead atoms. The molecule has 0 saturated carbocycles. The minimum Gasteiger partial charge on any atom is -0.496 e. The molecular formula is C29H28N2O5S2. The van der Waals surface area contributed by atoms with Crippen LogP contribution in [0.2, 0.25) is 0 Å². The van der Waals surface area contributed by atoms with Crippen LogP contribution < -0.4 is 13.8 Å². The molecule has 0 aliphatic carbocycles. The number of hydrogen-bond acceptors (Lipinski definition) is 5. The Balaban J connectivity index is 2.03. The zero-order valence-electron chi connectivity index (χ0n) is 21.0. The lowest BCUT2D eigenvalue weighted by Crippen LogP contribution is -2.32. The fourth-order valence-corrected chi connectivity index (χ4v) is 6.75. The van der Waals surface area contributed by atoms with Crippen molar-refractivity contribution in [1.82, 2.24) is 0 Å². The third-order valence-corrected chi connectivity index (χ3v) is 9.11. The van der Waals surface area contributed by atoms with Crippen LogP contribution in [-0.4, -0.2) is 30.5 Å². The van der Waals surface area contributed by atoms with Crippen molar-refractivity contribution in [3.8, 4) is 16.9 Å². The van der Waals surface area contributed by atoms with Crippen molar-refractivity contribution >= 4 is 31.4 Å². The van der Waals surface area contributed by atoms with E-state index in [9.17, 15) is 16.8 Å². The van der Waals surface area contributed by atoms with E-state index in [1.54, 1.807) is 60.7 Å². The third-order valence-electron chi connectivity index (χ3n) is 5.94. The van der Waals surface area contributed by atoms with E-state index in [-0.39, 0.29) is 27.7 Å². The van der Waals surface area contributed by atoms with E-state index in [1.165, 1.54) is 41.8 Å². The van der Waals surface area contributed by atoms with Gasteiger partial charge in [-0.1, -0.05) is 60.7 Å². The number of sulfonamides is 2. The smallest absolute Gasteiger partial charge is 0.264 e. The fourth-order valence-electron chi connectivity index (χ4n) is 4.19. The molecule has 0 unspecified atom stereocenters. The molecule has 0 saturated heterocycles. The number of hydrogen-bond donors (Lipinski definition) is 1. The van der Waals surface area contributed by atoms with Crippen molar-refractivity contribution in [2.24, 2.45) is 0 Å². The first-order valence-corrected chi connectivity index (χ1v) is 14.7. The Bertz CT molecular complexity index is 1650. The van der Waals surface area contributed by atoms with E-state index in [0.29, 0.717) is 16.9 Å². The van der Waals surface area contributed by atoms with E-state index < -0.39 is 20.0 Å². The van der Waals surface area contributed by atoms with Crippen LogP contribution >= 0.6 is 0 Å². The van der Waals surface area contributed by atoms with E-state index in [2.05, 4.69) is 11.3 Å². The molecule has 0 atom stereocenters. The lowest BCUT2D eigenvalue weighted by Gasteiger charge is -2.28. The van der Waals surface area contributed by atoms with Gasteiger partial charge in [0.2, 0.25) is 0 Å². The Morgan fingerprint density at radius 3 is 2.00 bits per heavy atom. The van der Waals surface area contributed by atoms with E-state index in [4.69, 9.17) is 4.74 Å². The van der Waals surface area contributed by atoms with Gasteiger partial charge in [-0.25, -0.2) is 16.8 Å². The van der Waals surface area contributed by atoms with Gasteiger partial charge < -0.3 is 4.74 Å². The molecule has 0 fully saturated rings. The molecule has 9 heteroatoms.